The lowest BCUT2D eigenvalue weighted by Crippen LogP contribution is -2.49. The Morgan fingerprint density at radius 3 is 2.21 bits per heavy atom. The van der Waals surface area contributed by atoms with Crippen LogP contribution in [0.4, 0.5) is 4.79 Å². The van der Waals surface area contributed by atoms with Crippen LogP contribution in [0.25, 0.3) is 0 Å². The lowest BCUT2D eigenvalue weighted by molar-refractivity contribution is -0.0128. The van der Waals surface area contributed by atoms with Gasteiger partial charge in [0.15, 0.2) is 0 Å². The fourth-order valence-corrected chi connectivity index (χ4v) is 4.97. The monoisotopic (exact) mass is 264 g/mol. The smallest absolute Gasteiger partial charge is 0.427 e. The highest BCUT2D eigenvalue weighted by Crippen LogP contribution is 2.60. The molecule has 4 aliphatic rings. The molecule has 4 fully saturated rings. The SMILES string of the molecule is CCOC(=O)N/N=C(\C)C12CC3CC(CC(C3)C1)C2. The highest BCUT2D eigenvalue weighted by Gasteiger charge is 2.52. The van der Waals surface area contributed by atoms with Crippen molar-refractivity contribution >= 4 is 11.8 Å². The number of amides is 1. The Labute approximate surface area is 115 Å². The van der Waals surface area contributed by atoms with E-state index >= 15 is 0 Å². The van der Waals surface area contributed by atoms with E-state index < -0.39 is 6.09 Å². The standard InChI is InChI=1S/C15H24N2O2/c1-3-19-14(18)17-16-10(2)15-7-11-4-12(8-15)6-13(5-11)9-15/h11-13H,3-9H2,1-2H3,(H,17,18)/b16-10+. The van der Waals surface area contributed by atoms with Crippen molar-refractivity contribution in [1.82, 2.24) is 5.43 Å². The molecule has 0 aromatic heterocycles. The van der Waals surface area contributed by atoms with Crippen molar-refractivity contribution in [2.24, 2.45) is 28.3 Å². The third-order valence-electron chi connectivity index (χ3n) is 5.40. The van der Waals surface area contributed by atoms with Gasteiger partial charge in [-0.25, -0.2) is 10.2 Å². The van der Waals surface area contributed by atoms with Crippen molar-refractivity contribution in [3.05, 3.63) is 0 Å². The maximum atomic E-state index is 11.3. The van der Waals surface area contributed by atoms with E-state index in [-0.39, 0.29) is 5.41 Å². The van der Waals surface area contributed by atoms with Gasteiger partial charge in [-0.1, -0.05) is 0 Å². The van der Waals surface area contributed by atoms with Gasteiger partial charge in [0.25, 0.3) is 0 Å². The normalized spacial score (nSPS) is 40.3. The zero-order chi connectivity index (χ0) is 13.5. The van der Waals surface area contributed by atoms with Gasteiger partial charge in [-0.05, 0) is 70.1 Å². The minimum Gasteiger partial charge on any atom is -0.449 e. The van der Waals surface area contributed by atoms with Crippen LogP contribution in [0.5, 0.6) is 0 Å². The van der Waals surface area contributed by atoms with Crippen LogP contribution in [0.1, 0.15) is 52.4 Å². The first-order chi connectivity index (χ1) is 9.11. The first-order valence-corrected chi connectivity index (χ1v) is 7.59. The van der Waals surface area contributed by atoms with E-state index in [0.29, 0.717) is 6.61 Å². The van der Waals surface area contributed by atoms with Crippen LogP contribution >= 0.6 is 0 Å². The summed E-state index contributed by atoms with van der Waals surface area (Å²) in [6.45, 7) is 4.27. The minimum atomic E-state index is -0.438. The van der Waals surface area contributed by atoms with Crippen LogP contribution in [0, 0.1) is 23.2 Å². The van der Waals surface area contributed by atoms with Crippen LogP contribution in [-0.2, 0) is 4.74 Å². The molecule has 0 unspecified atom stereocenters. The Hall–Kier alpha value is -1.06. The number of carbonyl (C=O) groups excluding carboxylic acids is 1. The predicted octanol–water partition coefficient (Wildman–Crippen LogP) is 3.32. The zero-order valence-electron chi connectivity index (χ0n) is 11.9. The second kappa shape index (κ2) is 4.80. The molecule has 0 saturated heterocycles. The summed E-state index contributed by atoms with van der Waals surface area (Å²) in [5.74, 6) is 2.71. The molecule has 106 valence electrons. The average Bonchev–Trinajstić information content (AvgIpc) is 2.34. The molecule has 19 heavy (non-hydrogen) atoms. The summed E-state index contributed by atoms with van der Waals surface area (Å²) < 4.78 is 4.85. The first-order valence-electron chi connectivity index (χ1n) is 7.59. The third-order valence-corrected chi connectivity index (χ3v) is 5.40. The van der Waals surface area contributed by atoms with E-state index in [9.17, 15) is 4.79 Å². The van der Waals surface area contributed by atoms with Gasteiger partial charge in [0.1, 0.15) is 0 Å². The van der Waals surface area contributed by atoms with Gasteiger partial charge in [-0.15, -0.1) is 0 Å². The van der Waals surface area contributed by atoms with Crippen LogP contribution in [0.15, 0.2) is 5.10 Å². The Morgan fingerprint density at radius 2 is 1.74 bits per heavy atom. The first kappa shape index (κ1) is 12.9. The van der Waals surface area contributed by atoms with Gasteiger partial charge in [0.05, 0.1) is 6.61 Å². The summed E-state index contributed by atoms with van der Waals surface area (Å²) in [5, 5.41) is 4.32. The maximum Gasteiger partial charge on any atom is 0.427 e. The molecular weight excluding hydrogens is 240 g/mol. The Morgan fingerprint density at radius 1 is 1.21 bits per heavy atom. The van der Waals surface area contributed by atoms with Crippen molar-refractivity contribution in [3.63, 3.8) is 0 Å². The van der Waals surface area contributed by atoms with E-state index in [1.807, 2.05) is 0 Å². The molecule has 0 atom stereocenters. The summed E-state index contributed by atoms with van der Waals surface area (Å²) >= 11 is 0. The number of nitrogens with zero attached hydrogens (tertiary/aromatic N) is 1. The molecular formula is C15H24N2O2. The van der Waals surface area contributed by atoms with Gasteiger partial charge in [-0.2, -0.15) is 5.10 Å². The Bertz CT molecular complexity index is 368. The van der Waals surface area contributed by atoms with E-state index in [2.05, 4.69) is 17.5 Å². The molecule has 1 amide bonds. The van der Waals surface area contributed by atoms with Crippen LogP contribution in [0.2, 0.25) is 0 Å². The van der Waals surface area contributed by atoms with Crippen LogP contribution in [-0.4, -0.2) is 18.4 Å². The molecule has 0 aromatic rings. The minimum absolute atomic E-state index is 0.272. The largest absolute Gasteiger partial charge is 0.449 e. The number of ether oxygens (including phenoxy) is 1. The molecule has 4 saturated carbocycles. The molecule has 0 aliphatic heterocycles. The topological polar surface area (TPSA) is 50.7 Å². The van der Waals surface area contributed by atoms with Crippen molar-refractivity contribution in [3.8, 4) is 0 Å². The van der Waals surface area contributed by atoms with Gasteiger partial charge in [0.2, 0.25) is 0 Å². The molecule has 0 spiro atoms. The Balaban J connectivity index is 1.70. The van der Waals surface area contributed by atoms with E-state index in [1.54, 1.807) is 6.92 Å². The number of hydrogen-bond acceptors (Lipinski definition) is 3. The number of carbonyl (C=O) groups is 1. The van der Waals surface area contributed by atoms with Gasteiger partial charge in [-0.3, -0.25) is 0 Å². The molecule has 0 radical (unpaired) electrons. The molecule has 1 N–H and O–H groups in total. The molecule has 4 nitrogen and oxygen atoms in total. The number of hydrogen-bond donors (Lipinski definition) is 1. The van der Waals surface area contributed by atoms with E-state index in [0.717, 1.165) is 23.5 Å². The summed E-state index contributed by atoms with van der Waals surface area (Å²) in [4.78, 5) is 11.3. The van der Waals surface area contributed by atoms with Crippen molar-refractivity contribution in [2.75, 3.05) is 6.61 Å². The van der Waals surface area contributed by atoms with Crippen LogP contribution < -0.4 is 5.43 Å². The third kappa shape index (κ3) is 2.37. The highest BCUT2D eigenvalue weighted by atomic mass is 16.5. The van der Waals surface area contributed by atoms with E-state index in [1.165, 1.54) is 38.5 Å². The van der Waals surface area contributed by atoms with Gasteiger partial charge < -0.3 is 4.74 Å². The van der Waals surface area contributed by atoms with Crippen LogP contribution in [0.3, 0.4) is 0 Å². The van der Waals surface area contributed by atoms with Gasteiger partial charge >= 0.3 is 6.09 Å². The number of rotatable bonds is 3. The second-order valence-corrected chi connectivity index (χ2v) is 6.73. The quantitative estimate of drug-likeness (QED) is 0.628. The highest BCUT2D eigenvalue weighted by molar-refractivity contribution is 5.89. The summed E-state index contributed by atoms with van der Waals surface area (Å²) in [6.07, 6.45) is 7.68. The molecule has 4 bridgehead atoms. The summed E-state index contributed by atoms with van der Waals surface area (Å²) in [6, 6.07) is 0. The second-order valence-electron chi connectivity index (χ2n) is 6.73. The lowest BCUT2D eigenvalue weighted by Gasteiger charge is -2.56. The molecule has 0 heterocycles. The molecule has 4 rings (SSSR count). The lowest BCUT2D eigenvalue weighted by atomic mass is 9.48. The Kier molecular flexibility index (Phi) is 3.27. The summed E-state index contributed by atoms with van der Waals surface area (Å²) in [5.41, 5.74) is 3.92. The molecule has 4 heteroatoms. The van der Waals surface area contributed by atoms with Gasteiger partial charge in [0, 0.05) is 11.1 Å². The summed E-state index contributed by atoms with van der Waals surface area (Å²) in [7, 11) is 0. The maximum absolute atomic E-state index is 11.3. The van der Waals surface area contributed by atoms with Crippen molar-refractivity contribution in [2.45, 2.75) is 52.4 Å². The van der Waals surface area contributed by atoms with Crippen molar-refractivity contribution in [1.29, 1.82) is 0 Å². The fraction of sp³-hybridized carbons (Fsp3) is 0.867. The average molecular weight is 264 g/mol. The fourth-order valence-electron chi connectivity index (χ4n) is 4.97. The molecule has 0 aromatic carbocycles. The zero-order valence-corrected chi connectivity index (χ0v) is 11.9. The predicted molar refractivity (Wildman–Crippen MR) is 73.9 cm³/mol. The number of nitrogens with one attached hydrogen (secondary N) is 1. The molecule has 4 aliphatic carbocycles. The van der Waals surface area contributed by atoms with Crippen molar-refractivity contribution < 1.29 is 9.53 Å². The number of hydrazone groups is 1. The van der Waals surface area contributed by atoms with E-state index in [4.69, 9.17) is 4.74 Å².